The standard InChI is InChI=1S/C15H19ClO/c1-3-4-5-6-13-7-9-14(10-8-13)12(2)11-15(16)17/h7-11H,3-6H2,1-2H3/b12-11-. The van der Waals surface area contributed by atoms with Gasteiger partial charge in [0.2, 0.25) is 5.24 Å². The van der Waals surface area contributed by atoms with Gasteiger partial charge in [-0.2, -0.15) is 0 Å². The van der Waals surface area contributed by atoms with Crippen LogP contribution in [-0.4, -0.2) is 5.24 Å². The maximum Gasteiger partial charge on any atom is 0.245 e. The zero-order valence-corrected chi connectivity index (χ0v) is 11.3. The number of hydrogen-bond donors (Lipinski definition) is 0. The summed E-state index contributed by atoms with van der Waals surface area (Å²) in [6, 6.07) is 8.35. The molecular formula is C15H19ClO. The molecule has 0 fully saturated rings. The summed E-state index contributed by atoms with van der Waals surface area (Å²) in [5, 5.41) is -0.422. The van der Waals surface area contributed by atoms with Gasteiger partial charge in [0.1, 0.15) is 0 Å². The lowest BCUT2D eigenvalue weighted by molar-refractivity contribution is -0.107. The van der Waals surface area contributed by atoms with Gasteiger partial charge in [-0.1, -0.05) is 44.0 Å². The van der Waals surface area contributed by atoms with Crippen molar-refractivity contribution in [3.05, 3.63) is 41.5 Å². The van der Waals surface area contributed by atoms with E-state index in [1.165, 1.54) is 30.9 Å². The van der Waals surface area contributed by atoms with Crippen LogP contribution in [0.2, 0.25) is 0 Å². The van der Waals surface area contributed by atoms with E-state index in [0.29, 0.717) is 0 Å². The number of halogens is 1. The second-order valence-corrected chi connectivity index (χ2v) is 4.66. The number of allylic oxidation sites excluding steroid dienone is 2. The van der Waals surface area contributed by atoms with Crippen molar-refractivity contribution in [1.29, 1.82) is 0 Å². The van der Waals surface area contributed by atoms with E-state index in [1.807, 2.05) is 19.1 Å². The summed E-state index contributed by atoms with van der Waals surface area (Å²) in [6.45, 7) is 4.10. The molecule has 0 aromatic heterocycles. The summed E-state index contributed by atoms with van der Waals surface area (Å²) in [4.78, 5) is 10.8. The number of hydrogen-bond acceptors (Lipinski definition) is 1. The number of carbonyl (C=O) groups is 1. The van der Waals surface area contributed by atoms with Crippen molar-refractivity contribution in [3.63, 3.8) is 0 Å². The number of carbonyl (C=O) groups excluding carboxylic acids is 1. The van der Waals surface area contributed by atoms with Crippen LogP contribution in [0.3, 0.4) is 0 Å². The van der Waals surface area contributed by atoms with Crippen LogP contribution in [0.25, 0.3) is 5.57 Å². The van der Waals surface area contributed by atoms with Crippen LogP contribution in [0.15, 0.2) is 30.3 Å². The molecule has 0 atom stereocenters. The third kappa shape index (κ3) is 5.18. The maximum absolute atomic E-state index is 10.8. The van der Waals surface area contributed by atoms with Crippen LogP contribution in [0, 0.1) is 0 Å². The predicted molar refractivity (Wildman–Crippen MR) is 74.2 cm³/mol. The van der Waals surface area contributed by atoms with Crippen molar-refractivity contribution in [1.82, 2.24) is 0 Å². The van der Waals surface area contributed by atoms with Crippen molar-refractivity contribution in [2.75, 3.05) is 0 Å². The van der Waals surface area contributed by atoms with Crippen LogP contribution in [0.1, 0.15) is 44.2 Å². The molecule has 0 radical (unpaired) electrons. The Morgan fingerprint density at radius 3 is 2.41 bits per heavy atom. The smallest absolute Gasteiger partial charge is 0.245 e. The van der Waals surface area contributed by atoms with Gasteiger partial charge in [0.05, 0.1) is 0 Å². The Morgan fingerprint density at radius 2 is 1.88 bits per heavy atom. The van der Waals surface area contributed by atoms with Crippen LogP contribution in [0.5, 0.6) is 0 Å². The second kappa shape index (κ2) is 7.29. The van der Waals surface area contributed by atoms with Gasteiger partial charge in [-0.15, -0.1) is 0 Å². The van der Waals surface area contributed by atoms with Crippen molar-refractivity contribution in [3.8, 4) is 0 Å². The van der Waals surface area contributed by atoms with Crippen molar-refractivity contribution in [2.45, 2.75) is 39.5 Å². The van der Waals surface area contributed by atoms with Gasteiger partial charge in [-0.25, -0.2) is 0 Å². The average molecular weight is 251 g/mol. The molecule has 0 amide bonds. The third-order valence-corrected chi connectivity index (χ3v) is 2.92. The fourth-order valence-electron chi connectivity index (χ4n) is 1.77. The highest BCUT2D eigenvalue weighted by atomic mass is 35.5. The van der Waals surface area contributed by atoms with E-state index >= 15 is 0 Å². The van der Waals surface area contributed by atoms with Crippen LogP contribution in [0.4, 0.5) is 0 Å². The summed E-state index contributed by atoms with van der Waals surface area (Å²) in [7, 11) is 0. The van der Waals surface area contributed by atoms with E-state index in [4.69, 9.17) is 11.6 Å². The Hall–Kier alpha value is -1.08. The summed E-state index contributed by atoms with van der Waals surface area (Å²) >= 11 is 5.32. The van der Waals surface area contributed by atoms with Gasteiger partial charge in [0, 0.05) is 6.08 Å². The molecule has 92 valence electrons. The van der Waals surface area contributed by atoms with E-state index in [2.05, 4.69) is 19.1 Å². The molecule has 2 heteroatoms. The molecule has 0 N–H and O–H groups in total. The summed E-state index contributed by atoms with van der Waals surface area (Å²) in [5.74, 6) is 0. The van der Waals surface area contributed by atoms with Crippen molar-refractivity contribution < 1.29 is 4.79 Å². The Kier molecular flexibility index (Phi) is 5.99. The normalized spacial score (nSPS) is 11.6. The average Bonchev–Trinajstić information content (AvgIpc) is 2.29. The number of rotatable bonds is 6. The first-order chi connectivity index (χ1) is 8.13. The second-order valence-electron chi connectivity index (χ2n) is 4.29. The SMILES string of the molecule is CCCCCc1ccc(/C(C)=C\C(=O)Cl)cc1. The minimum absolute atomic E-state index is 0.422. The zero-order valence-electron chi connectivity index (χ0n) is 10.5. The van der Waals surface area contributed by atoms with Gasteiger partial charge in [-0.3, -0.25) is 4.79 Å². The molecule has 0 saturated carbocycles. The monoisotopic (exact) mass is 250 g/mol. The quantitative estimate of drug-likeness (QED) is 0.410. The molecule has 17 heavy (non-hydrogen) atoms. The van der Waals surface area contributed by atoms with E-state index in [-0.39, 0.29) is 0 Å². The Bertz CT molecular complexity index is 390. The van der Waals surface area contributed by atoms with Crippen LogP contribution >= 0.6 is 11.6 Å². The number of unbranched alkanes of at least 4 members (excludes halogenated alkanes) is 2. The highest BCUT2D eigenvalue weighted by molar-refractivity contribution is 6.66. The highest BCUT2D eigenvalue weighted by Gasteiger charge is 1.99. The Balaban J connectivity index is 2.64. The lowest BCUT2D eigenvalue weighted by Crippen LogP contribution is -1.88. The lowest BCUT2D eigenvalue weighted by Gasteiger charge is -2.04. The molecule has 0 bridgehead atoms. The molecule has 0 spiro atoms. The molecule has 1 nitrogen and oxygen atoms in total. The first-order valence-electron chi connectivity index (χ1n) is 6.10. The topological polar surface area (TPSA) is 17.1 Å². The summed E-state index contributed by atoms with van der Waals surface area (Å²) < 4.78 is 0. The molecule has 0 saturated heterocycles. The van der Waals surface area contributed by atoms with Crippen molar-refractivity contribution in [2.24, 2.45) is 0 Å². The molecule has 0 aliphatic heterocycles. The highest BCUT2D eigenvalue weighted by Crippen LogP contribution is 2.16. The van der Waals surface area contributed by atoms with E-state index in [1.54, 1.807) is 0 Å². The first-order valence-corrected chi connectivity index (χ1v) is 6.48. The van der Waals surface area contributed by atoms with Crippen molar-refractivity contribution >= 4 is 22.4 Å². The van der Waals surface area contributed by atoms with Gasteiger partial charge in [0.25, 0.3) is 0 Å². The predicted octanol–water partition coefficient (Wildman–Crippen LogP) is 4.59. The zero-order chi connectivity index (χ0) is 12.7. The van der Waals surface area contributed by atoms with Gasteiger partial charge in [-0.05, 0) is 48.1 Å². The maximum atomic E-state index is 10.8. The van der Waals surface area contributed by atoms with E-state index in [9.17, 15) is 4.79 Å². The Morgan fingerprint density at radius 1 is 1.24 bits per heavy atom. The summed E-state index contributed by atoms with van der Waals surface area (Å²) in [6.07, 6.45) is 6.35. The largest absolute Gasteiger partial charge is 0.276 e. The van der Waals surface area contributed by atoms with Gasteiger partial charge < -0.3 is 0 Å². The fraction of sp³-hybridized carbons (Fsp3) is 0.400. The molecule has 0 heterocycles. The molecule has 0 aliphatic carbocycles. The van der Waals surface area contributed by atoms with Crippen LogP contribution in [-0.2, 0) is 11.2 Å². The summed E-state index contributed by atoms with van der Waals surface area (Å²) in [5.41, 5.74) is 3.32. The van der Waals surface area contributed by atoms with E-state index in [0.717, 1.165) is 17.6 Å². The van der Waals surface area contributed by atoms with Gasteiger partial charge >= 0.3 is 0 Å². The minimum atomic E-state index is -0.422. The van der Waals surface area contributed by atoms with Gasteiger partial charge in [0.15, 0.2) is 0 Å². The molecule has 1 aromatic carbocycles. The number of aryl methyl sites for hydroxylation is 1. The fourth-order valence-corrected chi connectivity index (χ4v) is 1.93. The molecule has 0 unspecified atom stereocenters. The van der Waals surface area contributed by atoms with Crippen LogP contribution < -0.4 is 0 Å². The first kappa shape index (κ1) is 14.0. The minimum Gasteiger partial charge on any atom is -0.276 e. The number of benzene rings is 1. The molecule has 0 aliphatic rings. The molecular weight excluding hydrogens is 232 g/mol. The molecule has 1 aromatic rings. The Labute approximate surface area is 108 Å². The third-order valence-electron chi connectivity index (χ3n) is 2.81. The molecule has 1 rings (SSSR count). The lowest BCUT2D eigenvalue weighted by atomic mass is 10.0. The van der Waals surface area contributed by atoms with E-state index < -0.39 is 5.24 Å².